The number of methoxy groups -OCH3 is 1. The van der Waals surface area contributed by atoms with E-state index >= 15 is 0 Å². The fourth-order valence-corrected chi connectivity index (χ4v) is 1.15. The molecule has 0 saturated carbocycles. The Balaban J connectivity index is 3.53. The first kappa shape index (κ1) is 16.9. The van der Waals surface area contributed by atoms with Gasteiger partial charge in [-0.1, -0.05) is 0 Å². The molecule has 0 aliphatic rings. The molecule has 0 aliphatic heterocycles. The van der Waals surface area contributed by atoms with Gasteiger partial charge < -0.3 is 20.1 Å². The Kier molecular flexibility index (Phi) is 8.32. The molecule has 0 atom stereocenters. The molecular formula is C12H24N2O4. The number of rotatable bonds is 8. The Morgan fingerprint density at radius 2 is 1.78 bits per heavy atom. The van der Waals surface area contributed by atoms with Gasteiger partial charge in [-0.05, 0) is 20.8 Å². The average Bonchev–Trinajstić information content (AvgIpc) is 2.22. The SMILES string of the molecule is COCCOCC(=O)NCCC(=O)NC(C)(C)C. The van der Waals surface area contributed by atoms with Crippen molar-refractivity contribution >= 4 is 11.8 Å². The maximum Gasteiger partial charge on any atom is 0.246 e. The van der Waals surface area contributed by atoms with Crippen molar-refractivity contribution in [1.29, 1.82) is 0 Å². The summed E-state index contributed by atoms with van der Waals surface area (Å²) in [6.45, 7) is 6.88. The molecule has 0 radical (unpaired) electrons. The predicted octanol–water partition coefficient (Wildman–Crippen LogP) is 0.0704. The highest BCUT2D eigenvalue weighted by Gasteiger charge is 2.13. The van der Waals surface area contributed by atoms with E-state index in [2.05, 4.69) is 10.6 Å². The summed E-state index contributed by atoms with van der Waals surface area (Å²) in [5, 5.41) is 5.43. The second-order valence-electron chi connectivity index (χ2n) is 4.94. The van der Waals surface area contributed by atoms with Gasteiger partial charge in [-0.15, -0.1) is 0 Å². The fraction of sp³-hybridized carbons (Fsp3) is 0.833. The molecule has 0 bridgehead atoms. The van der Waals surface area contributed by atoms with Gasteiger partial charge in [-0.25, -0.2) is 0 Å². The number of carbonyl (C=O) groups excluding carboxylic acids is 2. The highest BCUT2D eigenvalue weighted by atomic mass is 16.5. The summed E-state index contributed by atoms with van der Waals surface area (Å²) in [6.07, 6.45) is 0.265. The minimum atomic E-state index is -0.246. The summed E-state index contributed by atoms with van der Waals surface area (Å²) in [5.74, 6) is -0.308. The summed E-state index contributed by atoms with van der Waals surface area (Å²) in [5.41, 5.74) is -0.246. The Bertz CT molecular complexity index is 261. The second-order valence-corrected chi connectivity index (χ2v) is 4.94. The zero-order valence-corrected chi connectivity index (χ0v) is 11.7. The minimum Gasteiger partial charge on any atom is -0.382 e. The van der Waals surface area contributed by atoms with Gasteiger partial charge in [-0.3, -0.25) is 9.59 Å². The topological polar surface area (TPSA) is 76.7 Å². The van der Waals surface area contributed by atoms with Crippen molar-refractivity contribution in [3.63, 3.8) is 0 Å². The van der Waals surface area contributed by atoms with Crippen molar-refractivity contribution in [3.05, 3.63) is 0 Å². The van der Waals surface area contributed by atoms with Gasteiger partial charge in [0.05, 0.1) is 13.2 Å². The Labute approximate surface area is 108 Å². The van der Waals surface area contributed by atoms with Crippen molar-refractivity contribution < 1.29 is 19.1 Å². The molecule has 18 heavy (non-hydrogen) atoms. The second kappa shape index (κ2) is 8.88. The number of hydrogen-bond acceptors (Lipinski definition) is 4. The fourth-order valence-electron chi connectivity index (χ4n) is 1.15. The lowest BCUT2D eigenvalue weighted by Crippen LogP contribution is -2.42. The molecule has 0 fully saturated rings. The summed E-state index contributed by atoms with van der Waals surface area (Å²) in [7, 11) is 1.57. The number of hydrogen-bond donors (Lipinski definition) is 2. The van der Waals surface area contributed by atoms with E-state index in [0.29, 0.717) is 19.8 Å². The minimum absolute atomic E-state index is 0.00967. The van der Waals surface area contributed by atoms with Gasteiger partial charge in [0.1, 0.15) is 6.61 Å². The molecule has 6 heteroatoms. The number of ether oxygens (including phenoxy) is 2. The van der Waals surface area contributed by atoms with Crippen LogP contribution in [0.4, 0.5) is 0 Å². The molecule has 0 saturated heterocycles. The van der Waals surface area contributed by atoms with E-state index < -0.39 is 0 Å². The van der Waals surface area contributed by atoms with Gasteiger partial charge in [-0.2, -0.15) is 0 Å². The molecule has 6 nitrogen and oxygen atoms in total. The monoisotopic (exact) mass is 260 g/mol. The molecule has 0 aromatic carbocycles. The lowest BCUT2D eigenvalue weighted by atomic mass is 10.1. The number of carbonyl (C=O) groups is 2. The molecule has 0 aliphatic carbocycles. The normalized spacial score (nSPS) is 11.1. The number of nitrogens with one attached hydrogen (secondary N) is 2. The van der Waals surface area contributed by atoms with E-state index in [1.807, 2.05) is 20.8 Å². The van der Waals surface area contributed by atoms with E-state index in [1.54, 1.807) is 7.11 Å². The van der Waals surface area contributed by atoms with Crippen LogP contribution in [0, 0.1) is 0 Å². The molecular weight excluding hydrogens is 236 g/mol. The van der Waals surface area contributed by atoms with E-state index in [0.717, 1.165) is 0 Å². The Morgan fingerprint density at radius 3 is 2.33 bits per heavy atom. The first-order valence-electron chi connectivity index (χ1n) is 5.99. The molecule has 2 amide bonds. The molecule has 106 valence electrons. The Morgan fingerprint density at radius 1 is 1.11 bits per heavy atom. The van der Waals surface area contributed by atoms with Crippen LogP contribution in [0.5, 0.6) is 0 Å². The molecule has 0 aromatic heterocycles. The smallest absolute Gasteiger partial charge is 0.246 e. The van der Waals surface area contributed by atoms with Crippen LogP contribution in [-0.4, -0.2) is 50.8 Å². The van der Waals surface area contributed by atoms with Gasteiger partial charge in [0, 0.05) is 25.6 Å². The third kappa shape index (κ3) is 11.3. The van der Waals surface area contributed by atoms with Gasteiger partial charge >= 0.3 is 0 Å². The van der Waals surface area contributed by atoms with Crippen molar-refractivity contribution in [2.75, 3.05) is 33.5 Å². The van der Waals surface area contributed by atoms with Crippen LogP contribution in [0.15, 0.2) is 0 Å². The zero-order chi connectivity index (χ0) is 14.0. The molecule has 0 spiro atoms. The van der Waals surface area contributed by atoms with E-state index in [1.165, 1.54) is 0 Å². The van der Waals surface area contributed by atoms with E-state index in [-0.39, 0.29) is 30.4 Å². The average molecular weight is 260 g/mol. The van der Waals surface area contributed by atoms with Crippen molar-refractivity contribution in [2.24, 2.45) is 0 Å². The van der Waals surface area contributed by atoms with Crippen LogP contribution in [0.3, 0.4) is 0 Å². The summed E-state index contributed by atoms with van der Waals surface area (Å²) >= 11 is 0. The molecule has 0 heterocycles. The van der Waals surface area contributed by atoms with Crippen molar-refractivity contribution in [2.45, 2.75) is 32.7 Å². The largest absolute Gasteiger partial charge is 0.382 e. The predicted molar refractivity (Wildman–Crippen MR) is 68.2 cm³/mol. The van der Waals surface area contributed by atoms with Gasteiger partial charge in [0.25, 0.3) is 0 Å². The summed E-state index contributed by atoms with van der Waals surface area (Å²) in [4.78, 5) is 22.7. The quantitative estimate of drug-likeness (QED) is 0.606. The van der Waals surface area contributed by atoms with Gasteiger partial charge in [0.2, 0.25) is 11.8 Å². The van der Waals surface area contributed by atoms with Crippen molar-refractivity contribution in [1.82, 2.24) is 10.6 Å². The van der Waals surface area contributed by atoms with Crippen LogP contribution >= 0.6 is 0 Å². The van der Waals surface area contributed by atoms with Crippen LogP contribution in [0.1, 0.15) is 27.2 Å². The van der Waals surface area contributed by atoms with Crippen LogP contribution in [0.2, 0.25) is 0 Å². The third-order valence-electron chi connectivity index (χ3n) is 1.85. The zero-order valence-electron chi connectivity index (χ0n) is 11.7. The van der Waals surface area contributed by atoms with Gasteiger partial charge in [0.15, 0.2) is 0 Å². The first-order chi connectivity index (χ1) is 8.35. The lowest BCUT2D eigenvalue weighted by molar-refractivity contribution is -0.126. The van der Waals surface area contributed by atoms with Crippen LogP contribution in [-0.2, 0) is 19.1 Å². The Hall–Kier alpha value is -1.14. The highest BCUT2D eigenvalue weighted by Crippen LogP contribution is 1.98. The van der Waals surface area contributed by atoms with Crippen LogP contribution < -0.4 is 10.6 Å². The third-order valence-corrected chi connectivity index (χ3v) is 1.85. The van der Waals surface area contributed by atoms with Crippen LogP contribution in [0.25, 0.3) is 0 Å². The standard InChI is InChI=1S/C12H24N2O4/c1-12(2,3)14-10(15)5-6-13-11(16)9-18-8-7-17-4/h5-9H2,1-4H3,(H,13,16)(H,14,15). The molecule has 0 aromatic rings. The molecule has 0 rings (SSSR count). The number of amides is 2. The maximum absolute atomic E-state index is 11.4. The van der Waals surface area contributed by atoms with E-state index in [4.69, 9.17) is 9.47 Å². The molecule has 2 N–H and O–H groups in total. The lowest BCUT2D eigenvalue weighted by Gasteiger charge is -2.20. The van der Waals surface area contributed by atoms with E-state index in [9.17, 15) is 9.59 Å². The summed E-state index contributed by atoms with van der Waals surface area (Å²) in [6, 6.07) is 0. The molecule has 0 unspecified atom stereocenters. The first-order valence-corrected chi connectivity index (χ1v) is 5.99. The maximum atomic E-state index is 11.4. The summed E-state index contributed by atoms with van der Waals surface area (Å²) < 4.78 is 9.81. The highest BCUT2D eigenvalue weighted by molar-refractivity contribution is 5.79. The van der Waals surface area contributed by atoms with Crippen molar-refractivity contribution in [3.8, 4) is 0 Å².